The van der Waals surface area contributed by atoms with E-state index in [0.29, 0.717) is 6.42 Å². The van der Waals surface area contributed by atoms with E-state index in [9.17, 15) is 5.11 Å². The van der Waals surface area contributed by atoms with Gasteiger partial charge in [-0.25, -0.2) is 4.98 Å². The summed E-state index contributed by atoms with van der Waals surface area (Å²) in [6, 6.07) is 10.0. The molecule has 0 saturated carbocycles. The molecule has 106 valence electrons. The van der Waals surface area contributed by atoms with Crippen LogP contribution in [0.3, 0.4) is 0 Å². The van der Waals surface area contributed by atoms with E-state index in [1.165, 1.54) is 11.1 Å². The number of rotatable bonds is 2. The Morgan fingerprint density at radius 2 is 2.14 bits per heavy atom. The van der Waals surface area contributed by atoms with Crippen LogP contribution >= 0.6 is 0 Å². The van der Waals surface area contributed by atoms with Gasteiger partial charge in [0.05, 0.1) is 23.7 Å². The molecule has 0 amide bonds. The molecule has 0 aliphatic heterocycles. The highest BCUT2D eigenvalue weighted by molar-refractivity contribution is 5.88. The van der Waals surface area contributed by atoms with Gasteiger partial charge >= 0.3 is 0 Å². The molecule has 0 bridgehead atoms. The van der Waals surface area contributed by atoms with E-state index in [1.54, 1.807) is 17.1 Å². The SMILES string of the molecule is Cn1ncc2c(N[C@@H]3c4ccccc4C[C@@H]3O)ccnc21. The summed E-state index contributed by atoms with van der Waals surface area (Å²) in [4.78, 5) is 4.34. The van der Waals surface area contributed by atoms with Gasteiger partial charge in [-0.15, -0.1) is 0 Å². The number of aryl methyl sites for hydroxylation is 1. The van der Waals surface area contributed by atoms with E-state index < -0.39 is 6.10 Å². The fourth-order valence-electron chi connectivity index (χ4n) is 3.09. The average Bonchev–Trinajstić information content (AvgIpc) is 3.02. The van der Waals surface area contributed by atoms with Crippen LogP contribution in [0.25, 0.3) is 11.0 Å². The number of hydrogen-bond acceptors (Lipinski definition) is 4. The molecule has 0 spiro atoms. The van der Waals surface area contributed by atoms with Crippen LogP contribution < -0.4 is 5.32 Å². The second-order valence-electron chi connectivity index (χ2n) is 5.46. The summed E-state index contributed by atoms with van der Waals surface area (Å²) >= 11 is 0. The molecule has 1 aliphatic rings. The molecule has 1 aromatic carbocycles. The van der Waals surface area contributed by atoms with E-state index in [4.69, 9.17) is 0 Å². The third-order valence-corrected chi connectivity index (χ3v) is 4.15. The van der Waals surface area contributed by atoms with Crippen LogP contribution in [0, 0.1) is 0 Å². The summed E-state index contributed by atoms with van der Waals surface area (Å²) in [5.41, 5.74) is 4.16. The molecule has 1 aliphatic carbocycles. The number of pyridine rings is 1. The Balaban J connectivity index is 1.75. The Labute approximate surface area is 122 Å². The average molecular weight is 280 g/mol. The van der Waals surface area contributed by atoms with Gasteiger partial charge in [0, 0.05) is 25.4 Å². The highest BCUT2D eigenvalue weighted by atomic mass is 16.3. The summed E-state index contributed by atoms with van der Waals surface area (Å²) in [5.74, 6) is 0. The quantitative estimate of drug-likeness (QED) is 0.754. The van der Waals surface area contributed by atoms with Gasteiger partial charge < -0.3 is 10.4 Å². The summed E-state index contributed by atoms with van der Waals surface area (Å²) < 4.78 is 1.75. The Bertz CT molecular complexity index is 811. The van der Waals surface area contributed by atoms with Crippen LogP contribution in [0.1, 0.15) is 17.2 Å². The number of aliphatic hydroxyl groups excluding tert-OH is 1. The monoisotopic (exact) mass is 280 g/mol. The van der Waals surface area contributed by atoms with Crippen molar-refractivity contribution in [2.24, 2.45) is 7.05 Å². The number of aromatic nitrogens is 3. The van der Waals surface area contributed by atoms with Crippen molar-refractivity contribution < 1.29 is 5.11 Å². The second kappa shape index (κ2) is 4.56. The molecule has 4 rings (SSSR count). The fraction of sp³-hybridized carbons (Fsp3) is 0.250. The smallest absolute Gasteiger partial charge is 0.159 e. The van der Waals surface area contributed by atoms with Crippen LogP contribution in [0.15, 0.2) is 42.7 Å². The zero-order chi connectivity index (χ0) is 14.4. The minimum atomic E-state index is -0.415. The van der Waals surface area contributed by atoms with E-state index >= 15 is 0 Å². The Morgan fingerprint density at radius 3 is 3.05 bits per heavy atom. The maximum atomic E-state index is 10.3. The number of anilines is 1. The molecule has 0 saturated heterocycles. The molecule has 21 heavy (non-hydrogen) atoms. The lowest BCUT2D eigenvalue weighted by Gasteiger charge is -2.19. The van der Waals surface area contributed by atoms with Gasteiger partial charge in [0.15, 0.2) is 5.65 Å². The molecule has 2 N–H and O–H groups in total. The second-order valence-corrected chi connectivity index (χ2v) is 5.46. The van der Waals surface area contributed by atoms with Gasteiger partial charge in [-0.2, -0.15) is 5.10 Å². The van der Waals surface area contributed by atoms with Gasteiger partial charge in [-0.3, -0.25) is 4.68 Å². The molecule has 0 radical (unpaired) electrons. The van der Waals surface area contributed by atoms with Crippen molar-refractivity contribution in [1.82, 2.24) is 14.8 Å². The van der Waals surface area contributed by atoms with Gasteiger partial charge in [-0.1, -0.05) is 24.3 Å². The predicted octanol–water partition coefficient (Wildman–Crippen LogP) is 2.04. The number of benzene rings is 1. The Kier molecular flexibility index (Phi) is 2.68. The number of aliphatic hydroxyl groups is 1. The number of fused-ring (bicyclic) bond motifs is 2. The van der Waals surface area contributed by atoms with Crippen molar-refractivity contribution >= 4 is 16.7 Å². The summed E-state index contributed by atoms with van der Waals surface area (Å²) in [6.45, 7) is 0. The third kappa shape index (κ3) is 1.89. The summed E-state index contributed by atoms with van der Waals surface area (Å²) in [7, 11) is 1.87. The van der Waals surface area contributed by atoms with Crippen molar-refractivity contribution in [3.8, 4) is 0 Å². The largest absolute Gasteiger partial charge is 0.390 e. The first-order chi connectivity index (χ1) is 10.2. The molecule has 2 aromatic heterocycles. The van der Waals surface area contributed by atoms with Crippen LogP contribution in [0.4, 0.5) is 5.69 Å². The first-order valence-corrected chi connectivity index (χ1v) is 7.03. The lowest BCUT2D eigenvalue weighted by Crippen LogP contribution is -2.21. The Morgan fingerprint density at radius 1 is 1.29 bits per heavy atom. The zero-order valence-electron chi connectivity index (χ0n) is 11.7. The first kappa shape index (κ1) is 12.3. The maximum Gasteiger partial charge on any atom is 0.159 e. The van der Waals surface area contributed by atoms with Crippen molar-refractivity contribution in [3.05, 3.63) is 53.9 Å². The molecular weight excluding hydrogens is 264 g/mol. The van der Waals surface area contributed by atoms with Gasteiger partial charge in [0.25, 0.3) is 0 Å². The van der Waals surface area contributed by atoms with Crippen LogP contribution in [0.5, 0.6) is 0 Å². The van der Waals surface area contributed by atoms with Gasteiger partial charge in [-0.05, 0) is 17.2 Å². The van der Waals surface area contributed by atoms with E-state index in [2.05, 4.69) is 27.5 Å². The number of nitrogens with one attached hydrogen (secondary N) is 1. The first-order valence-electron chi connectivity index (χ1n) is 7.03. The summed E-state index contributed by atoms with van der Waals surface area (Å²) in [6.07, 6.45) is 3.84. The fourth-order valence-corrected chi connectivity index (χ4v) is 3.09. The minimum Gasteiger partial charge on any atom is -0.390 e. The maximum absolute atomic E-state index is 10.3. The topological polar surface area (TPSA) is 63.0 Å². The van der Waals surface area contributed by atoms with Gasteiger partial charge in [0.2, 0.25) is 0 Å². The molecule has 2 atom stereocenters. The molecular formula is C16H16N4O. The normalized spacial score (nSPS) is 20.7. The van der Waals surface area contributed by atoms with E-state index in [0.717, 1.165) is 16.7 Å². The lowest BCUT2D eigenvalue weighted by molar-refractivity contribution is 0.166. The molecule has 0 fully saturated rings. The number of hydrogen-bond donors (Lipinski definition) is 2. The summed E-state index contributed by atoms with van der Waals surface area (Å²) in [5, 5.41) is 19.0. The van der Waals surface area contributed by atoms with E-state index in [-0.39, 0.29) is 6.04 Å². The van der Waals surface area contributed by atoms with Crippen LogP contribution in [0.2, 0.25) is 0 Å². The lowest BCUT2D eigenvalue weighted by atomic mass is 10.1. The Hall–Kier alpha value is -2.40. The number of nitrogens with zero attached hydrogens (tertiary/aromatic N) is 3. The van der Waals surface area contributed by atoms with Gasteiger partial charge in [0.1, 0.15) is 0 Å². The minimum absolute atomic E-state index is 0.0907. The van der Waals surface area contributed by atoms with Crippen molar-refractivity contribution in [2.45, 2.75) is 18.6 Å². The molecule has 2 heterocycles. The molecule has 3 aromatic rings. The predicted molar refractivity (Wildman–Crippen MR) is 81.0 cm³/mol. The van der Waals surface area contributed by atoms with Crippen LogP contribution in [-0.2, 0) is 13.5 Å². The molecule has 5 heteroatoms. The van der Waals surface area contributed by atoms with E-state index in [1.807, 2.05) is 25.2 Å². The molecule has 5 nitrogen and oxygen atoms in total. The highest BCUT2D eigenvalue weighted by Crippen LogP contribution is 2.35. The van der Waals surface area contributed by atoms with Crippen molar-refractivity contribution in [2.75, 3.05) is 5.32 Å². The standard InChI is InChI=1S/C16H16N4O/c1-20-16-12(9-18-20)13(6-7-17-16)19-15-11-5-3-2-4-10(11)8-14(15)21/h2-7,9,14-15,21H,8H2,1H3,(H,17,19)/t14-,15+/m0/s1. The van der Waals surface area contributed by atoms with Crippen molar-refractivity contribution in [1.29, 1.82) is 0 Å². The molecule has 0 unspecified atom stereocenters. The third-order valence-electron chi connectivity index (χ3n) is 4.15. The zero-order valence-corrected chi connectivity index (χ0v) is 11.7. The van der Waals surface area contributed by atoms with Crippen LogP contribution in [-0.4, -0.2) is 26.0 Å². The highest BCUT2D eigenvalue weighted by Gasteiger charge is 2.30. The van der Waals surface area contributed by atoms with Crippen molar-refractivity contribution in [3.63, 3.8) is 0 Å².